The van der Waals surface area contributed by atoms with Gasteiger partial charge in [0.2, 0.25) is 4.80 Å². The minimum atomic E-state index is -4.00. The normalized spacial score (nSPS) is 12.3. The molecule has 3 aromatic rings. The van der Waals surface area contributed by atoms with Crippen molar-refractivity contribution in [1.82, 2.24) is 4.57 Å². The van der Waals surface area contributed by atoms with E-state index in [-0.39, 0.29) is 22.8 Å². The van der Waals surface area contributed by atoms with Crippen LogP contribution in [0.3, 0.4) is 0 Å². The van der Waals surface area contributed by atoms with Gasteiger partial charge in [0.1, 0.15) is 12.3 Å². The lowest BCUT2D eigenvalue weighted by Gasteiger charge is -2.06. The third kappa shape index (κ3) is 4.98. The van der Waals surface area contributed by atoms with Crippen molar-refractivity contribution in [3.05, 3.63) is 52.3 Å². The molecule has 0 saturated carbocycles. The quantitative estimate of drug-likeness (QED) is 0.509. The Balaban J connectivity index is 2.17. The van der Waals surface area contributed by atoms with Gasteiger partial charge in [-0.1, -0.05) is 22.9 Å². The van der Waals surface area contributed by atoms with Gasteiger partial charge in [-0.05, 0) is 56.3 Å². The van der Waals surface area contributed by atoms with Crippen molar-refractivity contribution in [3.8, 4) is 5.75 Å². The maximum Gasteiger partial charge on any atom is 0.326 e. The van der Waals surface area contributed by atoms with Gasteiger partial charge in [-0.2, -0.15) is 8.42 Å². The molecular weight excluding hydrogens is 436 g/mol. The molecule has 7 nitrogen and oxygen atoms in total. The number of aromatic nitrogens is 1. The average Bonchev–Trinajstić information content (AvgIpc) is 2.98. The van der Waals surface area contributed by atoms with Crippen LogP contribution in [0.1, 0.15) is 13.8 Å². The zero-order valence-corrected chi connectivity index (χ0v) is 18.2. The summed E-state index contributed by atoms with van der Waals surface area (Å²) in [6, 6.07) is 11.1. The highest BCUT2D eigenvalue weighted by atomic mass is 35.5. The number of hydrogen-bond acceptors (Lipinski definition) is 6. The van der Waals surface area contributed by atoms with Crippen LogP contribution in [0.2, 0.25) is 5.02 Å². The summed E-state index contributed by atoms with van der Waals surface area (Å²) in [5.74, 6) is 0.170. The first-order chi connectivity index (χ1) is 13.8. The van der Waals surface area contributed by atoms with Crippen molar-refractivity contribution in [2.24, 2.45) is 4.40 Å². The number of rotatable bonds is 7. The monoisotopic (exact) mass is 454 g/mol. The molecule has 0 radical (unpaired) electrons. The Morgan fingerprint density at radius 2 is 1.86 bits per heavy atom. The second-order valence-corrected chi connectivity index (χ2v) is 8.91. The number of benzene rings is 2. The predicted octanol–water partition coefficient (Wildman–Crippen LogP) is 3.61. The van der Waals surface area contributed by atoms with Crippen molar-refractivity contribution in [1.29, 1.82) is 0 Å². The fraction of sp³-hybridized carbons (Fsp3) is 0.263. The summed E-state index contributed by atoms with van der Waals surface area (Å²) in [5, 5.41) is 0.423. The molecule has 2 aromatic carbocycles. The van der Waals surface area contributed by atoms with Crippen molar-refractivity contribution in [3.63, 3.8) is 0 Å². The lowest BCUT2D eigenvalue weighted by Crippen LogP contribution is -2.23. The highest BCUT2D eigenvalue weighted by Gasteiger charge is 2.17. The first-order valence-corrected chi connectivity index (χ1v) is 11.5. The van der Waals surface area contributed by atoms with Crippen molar-refractivity contribution in [2.45, 2.75) is 25.3 Å². The van der Waals surface area contributed by atoms with Gasteiger partial charge in [0, 0.05) is 5.02 Å². The van der Waals surface area contributed by atoms with Crippen LogP contribution in [-0.2, 0) is 26.1 Å². The maximum atomic E-state index is 12.8. The van der Waals surface area contributed by atoms with Gasteiger partial charge in [0.15, 0.2) is 0 Å². The molecule has 29 heavy (non-hydrogen) atoms. The number of halogens is 1. The Labute approximate surface area is 177 Å². The summed E-state index contributed by atoms with van der Waals surface area (Å²) >= 11 is 6.99. The van der Waals surface area contributed by atoms with Crippen LogP contribution in [0.5, 0.6) is 5.75 Å². The number of fused-ring (bicyclic) bond motifs is 1. The van der Waals surface area contributed by atoms with Crippen LogP contribution in [0, 0.1) is 0 Å². The molecular formula is C19H19ClN2O5S2. The Morgan fingerprint density at radius 3 is 2.52 bits per heavy atom. The fourth-order valence-electron chi connectivity index (χ4n) is 2.63. The summed E-state index contributed by atoms with van der Waals surface area (Å²) in [4.78, 5) is 12.3. The number of carbonyl (C=O) groups is 1. The van der Waals surface area contributed by atoms with Crippen molar-refractivity contribution in [2.75, 3.05) is 13.2 Å². The van der Waals surface area contributed by atoms with E-state index in [0.29, 0.717) is 22.9 Å². The Morgan fingerprint density at radius 1 is 1.14 bits per heavy atom. The van der Waals surface area contributed by atoms with Gasteiger partial charge in [0.05, 0.1) is 28.3 Å². The van der Waals surface area contributed by atoms with E-state index in [1.54, 1.807) is 25.1 Å². The third-order valence-electron chi connectivity index (χ3n) is 3.87. The molecule has 1 heterocycles. The second-order valence-electron chi connectivity index (χ2n) is 5.86. The molecule has 0 saturated heterocycles. The zero-order valence-electron chi connectivity index (χ0n) is 15.8. The highest BCUT2D eigenvalue weighted by Crippen LogP contribution is 2.24. The van der Waals surface area contributed by atoms with Gasteiger partial charge >= 0.3 is 5.97 Å². The lowest BCUT2D eigenvalue weighted by atomic mass is 10.3. The van der Waals surface area contributed by atoms with E-state index in [1.165, 1.54) is 28.8 Å². The van der Waals surface area contributed by atoms with Gasteiger partial charge in [-0.25, -0.2) is 0 Å². The van der Waals surface area contributed by atoms with E-state index in [0.717, 1.165) is 16.0 Å². The van der Waals surface area contributed by atoms with Gasteiger partial charge in [-0.3, -0.25) is 4.79 Å². The molecule has 0 fully saturated rings. The van der Waals surface area contributed by atoms with E-state index < -0.39 is 16.0 Å². The minimum Gasteiger partial charge on any atom is -0.494 e. The summed E-state index contributed by atoms with van der Waals surface area (Å²) in [7, 11) is -4.00. The number of thiazole rings is 1. The Hall–Kier alpha value is -2.36. The van der Waals surface area contributed by atoms with Gasteiger partial charge in [0.25, 0.3) is 10.0 Å². The summed E-state index contributed by atoms with van der Waals surface area (Å²) in [6.07, 6.45) is 0. The van der Waals surface area contributed by atoms with E-state index in [2.05, 4.69) is 4.40 Å². The van der Waals surface area contributed by atoms with Crippen LogP contribution >= 0.6 is 22.9 Å². The van der Waals surface area contributed by atoms with Crippen LogP contribution in [-0.4, -0.2) is 32.2 Å². The molecule has 154 valence electrons. The first-order valence-electron chi connectivity index (χ1n) is 8.82. The molecule has 0 atom stereocenters. The van der Waals surface area contributed by atoms with Crippen LogP contribution in [0.25, 0.3) is 10.2 Å². The fourth-order valence-corrected chi connectivity index (χ4v) is 5.02. The smallest absolute Gasteiger partial charge is 0.326 e. The van der Waals surface area contributed by atoms with Crippen LogP contribution in [0.15, 0.2) is 51.8 Å². The number of ether oxygens (including phenoxy) is 2. The number of sulfonamides is 1. The molecule has 0 bridgehead atoms. The molecule has 10 heteroatoms. The van der Waals surface area contributed by atoms with E-state index in [4.69, 9.17) is 21.1 Å². The molecule has 0 N–H and O–H groups in total. The van der Waals surface area contributed by atoms with Crippen LogP contribution < -0.4 is 9.54 Å². The summed E-state index contributed by atoms with van der Waals surface area (Å²) < 4.78 is 42.3. The largest absolute Gasteiger partial charge is 0.494 e. The van der Waals surface area contributed by atoms with Gasteiger partial charge < -0.3 is 14.0 Å². The summed E-state index contributed by atoms with van der Waals surface area (Å²) in [5.41, 5.74) is 0.663. The highest BCUT2D eigenvalue weighted by molar-refractivity contribution is 7.90. The van der Waals surface area contributed by atoms with Crippen molar-refractivity contribution < 1.29 is 22.7 Å². The maximum absolute atomic E-state index is 12.8. The molecule has 0 aliphatic heterocycles. The molecule has 0 unspecified atom stereocenters. The molecule has 0 amide bonds. The molecule has 1 aromatic heterocycles. The Kier molecular flexibility index (Phi) is 6.61. The standard InChI is InChI=1S/C19H19ClN2O5S2/c1-3-26-14-7-10-16-17(11-14)28-19(22(16)12-18(23)27-4-2)21-29(24,25)15-8-5-13(20)6-9-15/h5-11H,3-4,12H2,1-2H3. The summed E-state index contributed by atoms with van der Waals surface area (Å²) in [6.45, 7) is 4.15. The average molecular weight is 455 g/mol. The third-order valence-corrected chi connectivity index (χ3v) is 6.56. The lowest BCUT2D eigenvalue weighted by molar-refractivity contribution is -0.143. The molecule has 3 rings (SSSR count). The van der Waals surface area contributed by atoms with Crippen LogP contribution in [0.4, 0.5) is 0 Å². The number of esters is 1. The SMILES string of the molecule is CCOC(=O)Cn1c(=NS(=O)(=O)c2ccc(Cl)cc2)sc2cc(OCC)ccc21. The van der Waals surface area contributed by atoms with Gasteiger partial charge in [-0.15, -0.1) is 4.40 Å². The molecule has 0 spiro atoms. The number of hydrogen-bond donors (Lipinski definition) is 0. The number of nitrogens with zero attached hydrogens (tertiary/aromatic N) is 2. The minimum absolute atomic E-state index is 0.0112. The second kappa shape index (κ2) is 8.98. The topological polar surface area (TPSA) is 87.0 Å². The molecule has 0 aliphatic carbocycles. The van der Waals surface area contributed by atoms with E-state index in [9.17, 15) is 13.2 Å². The zero-order chi connectivity index (χ0) is 21.0. The van der Waals surface area contributed by atoms with E-state index in [1.807, 2.05) is 6.92 Å². The van der Waals surface area contributed by atoms with E-state index >= 15 is 0 Å². The van der Waals surface area contributed by atoms with Crippen molar-refractivity contribution >= 4 is 49.1 Å². The molecule has 0 aliphatic rings. The Bertz CT molecular complexity index is 1200. The number of carbonyl (C=O) groups excluding carboxylic acids is 1. The predicted molar refractivity (Wildman–Crippen MR) is 112 cm³/mol. The first kappa shape index (κ1) is 21.4.